The molecule has 7 nitrogen and oxygen atoms in total. The maximum atomic E-state index is 11.9. The van der Waals surface area contributed by atoms with Crippen LogP contribution < -0.4 is 15.4 Å². The summed E-state index contributed by atoms with van der Waals surface area (Å²) in [7, 11) is 1.53. The molecule has 2 N–H and O–H groups in total. The molecule has 136 valence electrons. The van der Waals surface area contributed by atoms with Crippen LogP contribution in [0.15, 0.2) is 54.6 Å². The Morgan fingerprint density at radius 1 is 0.923 bits per heavy atom. The molecule has 0 aromatic heterocycles. The van der Waals surface area contributed by atoms with Crippen molar-refractivity contribution >= 4 is 17.8 Å². The Morgan fingerprint density at radius 3 is 2.27 bits per heavy atom. The van der Waals surface area contributed by atoms with Crippen LogP contribution in [0.2, 0.25) is 0 Å². The summed E-state index contributed by atoms with van der Waals surface area (Å²) in [6.07, 6.45) is 0. The monoisotopic (exact) mass is 356 g/mol. The van der Waals surface area contributed by atoms with Crippen LogP contribution in [0.4, 0.5) is 0 Å². The topological polar surface area (TPSA) is 93.7 Å². The van der Waals surface area contributed by atoms with Crippen molar-refractivity contribution in [2.45, 2.75) is 6.54 Å². The van der Waals surface area contributed by atoms with Crippen molar-refractivity contribution < 1.29 is 23.9 Å². The zero-order valence-electron chi connectivity index (χ0n) is 14.4. The Morgan fingerprint density at radius 2 is 1.62 bits per heavy atom. The highest BCUT2D eigenvalue weighted by atomic mass is 16.5. The van der Waals surface area contributed by atoms with Gasteiger partial charge in [-0.3, -0.25) is 14.4 Å². The third-order valence-corrected chi connectivity index (χ3v) is 3.44. The summed E-state index contributed by atoms with van der Waals surface area (Å²) in [6.45, 7) is -0.369. The van der Waals surface area contributed by atoms with Crippen molar-refractivity contribution in [3.63, 3.8) is 0 Å². The minimum Gasteiger partial charge on any atom is -0.497 e. The van der Waals surface area contributed by atoms with Crippen molar-refractivity contribution in [3.8, 4) is 5.75 Å². The van der Waals surface area contributed by atoms with Gasteiger partial charge in [-0.1, -0.05) is 30.3 Å². The van der Waals surface area contributed by atoms with E-state index in [0.717, 1.165) is 5.56 Å². The second kappa shape index (κ2) is 9.83. The molecule has 0 spiro atoms. The number of carbonyl (C=O) groups excluding carboxylic acids is 3. The molecule has 26 heavy (non-hydrogen) atoms. The number of ether oxygens (including phenoxy) is 2. The quantitative estimate of drug-likeness (QED) is 0.695. The van der Waals surface area contributed by atoms with Crippen molar-refractivity contribution in [1.29, 1.82) is 0 Å². The first-order valence-corrected chi connectivity index (χ1v) is 7.97. The Kier molecular flexibility index (Phi) is 7.17. The van der Waals surface area contributed by atoms with E-state index in [0.29, 0.717) is 17.9 Å². The van der Waals surface area contributed by atoms with Gasteiger partial charge in [0, 0.05) is 12.1 Å². The van der Waals surface area contributed by atoms with Gasteiger partial charge in [0.05, 0.1) is 7.11 Å². The fourth-order valence-corrected chi connectivity index (χ4v) is 2.04. The van der Waals surface area contributed by atoms with Gasteiger partial charge in [-0.2, -0.15) is 0 Å². The molecule has 0 radical (unpaired) electrons. The van der Waals surface area contributed by atoms with E-state index in [1.165, 1.54) is 7.11 Å². The summed E-state index contributed by atoms with van der Waals surface area (Å²) in [4.78, 5) is 35.2. The van der Waals surface area contributed by atoms with E-state index < -0.39 is 24.4 Å². The maximum Gasteiger partial charge on any atom is 0.325 e. The number of benzene rings is 2. The van der Waals surface area contributed by atoms with Gasteiger partial charge in [-0.15, -0.1) is 0 Å². The van der Waals surface area contributed by atoms with Gasteiger partial charge in [0.25, 0.3) is 11.8 Å². The molecule has 2 aromatic carbocycles. The van der Waals surface area contributed by atoms with Crippen LogP contribution in [0, 0.1) is 0 Å². The maximum absolute atomic E-state index is 11.9. The molecular weight excluding hydrogens is 336 g/mol. The molecule has 0 aliphatic heterocycles. The van der Waals surface area contributed by atoms with Gasteiger partial charge in [0.2, 0.25) is 0 Å². The number of amides is 2. The number of hydrogen-bond donors (Lipinski definition) is 2. The van der Waals surface area contributed by atoms with Gasteiger partial charge < -0.3 is 20.1 Å². The zero-order chi connectivity index (χ0) is 18.8. The van der Waals surface area contributed by atoms with Crippen molar-refractivity contribution in [2.24, 2.45) is 0 Å². The molecule has 0 bridgehead atoms. The minimum atomic E-state index is -0.693. The minimum absolute atomic E-state index is 0.323. The van der Waals surface area contributed by atoms with E-state index in [2.05, 4.69) is 10.6 Å². The zero-order valence-corrected chi connectivity index (χ0v) is 14.4. The summed E-state index contributed by atoms with van der Waals surface area (Å²) >= 11 is 0. The molecule has 0 saturated carbocycles. The third-order valence-electron chi connectivity index (χ3n) is 3.44. The van der Waals surface area contributed by atoms with Crippen LogP contribution in [0.1, 0.15) is 15.9 Å². The lowest BCUT2D eigenvalue weighted by Gasteiger charge is -2.08. The van der Waals surface area contributed by atoms with Gasteiger partial charge in [-0.25, -0.2) is 0 Å². The van der Waals surface area contributed by atoms with Crippen molar-refractivity contribution in [3.05, 3.63) is 65.7 Å². The molecule has 2 aromatic rings. The molecular formula is C19H20N2O5. The molecule has 2 amide bonds. The first kappa shape index (κ1) is 19.0. The van der Waals surface area contributed by atoms with E-state index >= 15 is 0 Å². The lowest BCUT2D eigenvalue weighted by atomic mass is 10.2. The van der Waals surface area contributed by atoms with Gasteiger partial charge >= 0.3 is 5.97 Å². The fourth-order valence-electron chi connectivity index (χ4n) is 2.04. The predicted molar refractivity (Wildman–Crippen MR) is 94.6 cm³/mol. The first-order valence-electron chi connectivity index (χ1n) is 7.97. The van der Waals surface area contributed by atoms with E-state index in [1.807, 2.05) is 30.3 Å². The molecule has 0 aliphatic carbocycles. The molecule has 0 heterocycles. The van der Waals surface area contributed by atoms with Gasteiger partial charge in [0.1, 0.15) is 12.3 Å². The van der Waals surface area contributed by atoms with Crippen molar-refractivity contribution in [2.75, 3.05) is 20.3 Å². The van der Waals surface area contributed by atoms with Gasteiger partial charge in [-0.05, 0) is 29.8 Å². The average Bonchev–Trinajstić information content (AvgIpc) is 2.69. The number of methoxy groups -OCH3 is 1. The lowest BCUT2D eigenvalue weighted by Crippen LogP contribution is -2.33. The summed E-state index contributed by atoms with van der Waals surface area (Å²) in [6, 6.07) is 15.8. The highest BCUT2D eigenvalue weighted by Crippen LogP contribution is 2.10. The molecule has 0 aliphatic rings. The second-order valence-corrected chi connectivity index (χ2v) is 5.33. The summed E-state index contributed by atoms with van der Waals surface area (Å²) < 4.78 is 9.84. The Balaban J connectivity index is 1.66. The molecule has 0 fully saturated rings. The van der Waals surface area contributed by atoms with Crippen LogP contribution >= 0.6 is 0 Å². The van der Waals surface area contributed by atoms with E-state index in [1.54, 1.807) is 24.3 Å². The fraction of sp³-hybridized carbons (Fsp3) is 0.211. The highest BCUT2D eigenvalue weighted by molar-refractivity contribution is 5.96. The predicted octanol–water partition coefficient (Wildman–Crippen LogP) is 1.28. The van der Waals surface area contributed by atoms with E-state index in [-0.39, 0.29) is 6.54 Å². The lowest BCUT2D eigenvalue weighted by molar-refractivity contribution is -0.147. The summed E-state index contributed by atoms with van der Waals surface area (Å²) in [5.74, 6) is -0.897. The number of carbonyl (C=O) groups is 3. The third kappa shape index (κ3) is 6.27. The van der Waals surface area contributed by atoms with Crippen molar-refractivity contribution in [1.82, 2.24) is 10.6 Å². The summed E-state index contributed by atoms with van der Waals surface area (Å²) in [5.41, 5.74) is 1.33. The molecule has 0 saturated heterocycles. The van der Waals surface area contributed by atoms with Crippen LogP contribution in [0.25, 0.3) is 0 Å². The number of nitrogens with one attached hydrogen (secondary N) is 2. The van der Waals surface area contributed by atoms with E-state index in [9.17, 15) is 14.4 Å². The first-order chi connectivity index (χ1) is 12.6. The van der Waals surface area contributed by atoms with Crippen LogP contribution in [-0.2, 0) is 20.9 Å². The molecule has 7 heteroatoms. The smallest absolute Gasteiger partial charge is 0.325 e. The average molecular weight is 356 g/mol. The molecule has 0 unspecified atom stereocenters. The number of esters is 1. The highest BCUT2D eigenvalue weighted by Gasteiger charge is 2.11. The Hall–Kier alpha value is -3.35. The van der Waals surface area contributed by atoms with Crippen LogP contribution in [0.3, 0.4) is 0 Å². The number of rotatable bonds is 8. The SMILES string of the molecule is COc1ccc(C(=O)NCC(=O)OCC(=O)NCc2ccccc2)cc1. The Bertz CT molecular complexity index is 744. The van der Waals surface area contributed by atoms with Crippen LogP contribution in [0.5, 0.6) is 5.75 Å². The van der Waals surface area contributed by atoms with Gasteiger partial charge in [0.15, 0.2) is 6.61 Å². The normalized spacial score (nSPS) is 9.88. The largest absolute Gasteiger partial charge is 0.497 e. The molecule has 2 rings (SSSR count). The standard InChI is InChI=1S/C19H20N2O5/c1-25-16-9-7-15(8-10-16)19(24)21-12-18(23)26-13-17(22)20-11-14-5-3-2-4-6-14/h2-10H,11-13H2,1H3,(H,20,22)(H,21,24). The van der Waals surface area contributed by atoms with E-state index in [4.69, 9.17) is 9.47 Å². The van der Waals surface area contributed by atoms with Crippen LogP contribution in [-0.4, -0.2) is 38.0 Å². The Labute approximate surface area is 151 Å². The second-order valence-electron chi connectivity index (χ2n) is 5.33. The number of hydrogen-bond acceptors (Lipinski definition) is 5. The summed E-state index contributed by atoms with van der Waals surface area (Å²) in [5, 5.41) is 5.07. The molecule has 0 atom stereocenters.